The van der Waals surface area contributed by atoms with E-state index in [4.69, 9.17) is 0 Å². The van der Waals surface area contributed by atoms with Gasteiger partial charge in [0.1, 0.15) is 6.61 Å². The van der Waals surface area contributed by atoms with Crippen molar-refractivity contribution in [1.29, 1.82) is 0 Å². The average Bonchev–Trinajstić information content (AvgIpc) is 2.00. The molecule has 0 radical (unpaired) electrons. The predicted molar refractivity (Wildman–Crippen MR) is 50.0 cm³/mol. The lowest BCUT2D eigenvalue weighted by Crippen LogP contribution is -2.14. The Morgan fingerprint density at radius 2 is 2.08 bits per heavy atom. The van der Waals surface area contributed by atoms with Crippen LogP contribution in [-0.2, 0) is 14.3 Å². The first-order valence-corrected chi connectivity index (χ1v) is 6.33. The molecule has 0 heterocycles. The van der Waals surface area contributed by atoms with Crippen molar-refractivity contribution in [2.75, 3.05) is 6.61 Å². The zero-order valence-electron chi connectivity index (χ0n) is 7.55. The minimum atomic E-state index is -0.485. The van der Waals surface area contributed by atoms with Gasteiger partial charge in [-0.25, -0.2) is 4.79 Å². The first-order valence-electron chi connectivity index (χ1n) is 3.92. The number of rotatable bonds is 5. The molecule has 68 valence electrons. The molecule has 0 aromatic carbocycles. The second-order valence-corrected chi connectivity index (χ2v) is 4.15. The summed E-state index contributed by atoms with van der Waals surface area (Å²) in [4.78, 5) is 21.7. The van der Waals surface area contributed by atoms with E-state index < -0.39 is 5.97 Å². The third-order valence-corrected chi connectivity index (χ3v) is 2.30. The normalized spacial score (nSPS) is 10.2. The second-order valence-electron chi connectivity index (χ2n) is 2.65. The third-order valence-electron chi connectivity index (χ3n) is 1.24. The van der Waals surface area contributed by atoms with E-state index in [0.29, 0.717) is 11.6 Å². The molecule has 0 unspecified atom stereocenters. The molecule has 0 aliphatic heterocycles. The summed E-state index contributed by atoms with van der Waals surface area (Å²) in [5, 5.41) is 0. The SMILES string of the molecule is C=C(C)C(=O)OCC(=O)C[SiH2]C. The van der Waals surface area contributed by atoms with Gasteiger partial charge in [0, 0.05) is 15.1 Å². The first kappa shape index (κ1) is 11.1. The average molecular weight is 186 g/mol. The van der Waals surface area contributed by atoms with Crippen LogP contribution in [0.15, 0.2) is 12.2 Å². The first-order chi connectivity index (χ1) is 5.57. The monoisotopic (exact) mass is 186 g/mol. The molecule has 0 saturated heterocycles. The van der Waals surface area contributed by atoms with E-state index in [0.717, 1.165) is 0 Å². The van der Waals surface area contributed by atoms with Crippen LogP contribution in [0.25, 0.3) is 0 Å². The summed E-state index contributed by atoms with van der Waals surface area (Å²) in [5.74, 6) is -0.472. The van der Waals surface area contributed by atoms with Crippen LogP contribution in [0.3, 0.4) is 0 Å². The summed E-state index contributed by atoms with van der Waals surface area (Å²) in [6.45, 7) is 6.91. The summed E-state index contributed by atoms with van der Waals surface area (Å²) >= 11 is 0. The highest BCUT2D eigenvalue weighted by Gasteiger charge is 2.06. The van der Waals surface area contributed by atoms with Crippen molar-refractivity contribution < 1.29 is 14.3 Å². The Hall–Kier alpha value is -0.903. The number of esters is 1. The minimum Gasteiger partial charge on any atom is -0.454 e. The maximum absolute atomic E-state index is 10.9. The molecule has 0 saturated carbocycles. The minimum absolute atomic E-state index is 0.0127. The van der Waals surface area contributed by atoms with Gasteiger partial charge in [-0.15, -0.1) is 0 Å². The number of hydrogen-bond acceptors (Lipinski definition) is 3. The van der Waals surface area contributed by atoms with Crippen LogP contribution >= 0.6 is 0 Å². The Labute approximate surface area is 74.6 Å². The molecule has 3 nitrogen and oxygen atoms in total. The van der Waals surface area contributed by atoms with Crippen LogP contribution in [0, 0.1) is 0 Å². The van der Waals surface area contributed by atoms with Gasteiger partial charge in [-0.2, -0.15) is 0 Å². The molecule has 0 N–H and O–H groups in total. The molecule has 0 aliphatic rings. The Morgan fingerprint density at radius 1 is 1.50 bits per heavy atom. The van der Waals surface area contributed by atoms with Crippen LogP contribution in [0.1, 0.15) is 6.92 Å². The maximum atomic E-state index is 10.9. The lowest BCUT2D eigenvalue weighted by molar-refractivity contribution is -0.143. The van der Waals surface area contributed by atoms with Gasteiger partial charge in [-0.05, 0) is 13.0 Å². The number of carbonyl (C=O) groups is 2. The standard InChI is InChI=1S/C8H14O3Si/c1-6(2)8(10)11-4-7(9)5-12-3/h1,4-5,12H2,2-3H3. The Kier molecular flexibility index (Phi) is 5.28. The van der Waals surface area contributed by atoms with E-state index in [1.54, 1.807) is 6.92 Å². The van der Waals surface area contributed by atoms with Crippen LogP contribution in [0.2, 0.25) is 12.6 Å². The van der Waals surface area contributed by atoms with Crippen molar-refractivity contribution in [3.8, 4) is 0 Å². The Balaban J connectivity index is 3.61. The van der Waals surface area contributed by atoms with E-state index in [-0.39, 0.29) is 21.9 Å². The number of ether oxygens (including phenoxy) is 1. The van der Waals surface area contributed by atoms with E-state index >= 15 is 0 Å². The van der Waals surface area contributed by atoms with Crippen molar-refractivity contribution in [3.63, 3.8) is 0 Å². The molecule has 12 heavy (non-hydrogen) atoms. The molecule has 0 aromatic heterocycles. The molecular formula is C8H14O3Si. The summed E-state index contributed by atoms with van der Waals surface area (Å²) in [7, 11) is -0.261. The van der Waals surface area contributed by atoms with E-state index in [9.17, 15) is 9.59 Å². The van der Waals surface area contributed by atoms with Crippen molar-refractivity contribution in [2.24, 2.45) is 0 Å². The van der Waals surface area contributed by atoms with Gasteiger partial charge in [0.15, 0.2) is 5.78 Å². The molecule has 4 heteroatoms. The van der Waals surface area contributed by atoms with Crippen LogP contribution in [0.4, 0.5) is 0 Å². The van der Waals surface area contributed by atoms with Crippen molar-refractivity contribution >= 4 is 21.3 Å². The van der Waals surface area contributed by atoms with Gasteiger partial charge >= 0.3 is 5.97 Å². The van der Waals surface area contributed by atoms with E-state index in [2.05, 4.69) is 11.3 Å². The largest absolute Gasteiger partial charge is 0.454 e. The molecule has 0 aliphatic carbocycles. The van der Waals surface area contributed by atoms with Gasteiger partial charge in [-0.3, -0.25) is 4.79 Å². The summed E-state index contributed by atoms with van der Waals surface area (Å²) in [5.41, 5.74) is 0.330. The summed E-state index contributed by atoms with van der Waals surface area (Å²) < 4.78 is 4.65. The highest BCUT2D eigenvalue weighted by atomic mass is 28.2. The van der Waals surface area contributed by atoms with Gasteiger partial charge in [0.25, 0.3) is 0 Å². The number of Topliss-reactive ketones (excluding diaryl/α,β-unsaturated/α-hetero) is 1. The molecule has 0 spiro atoms. The highest BCUT2D eigenvalue weighted by Crippen LogP contribution is 1.93. The van der Waals surface area contributed by atoms with Crippen LogP contribution < -0.4 is 0 Å². The fourth-order valence-corrected chi connectivity index (χ4v) is 1.32. The lowest BCUT2D eigenvalue weighted by atomic mass is 10.4. The van der Waals surface area contributed by atoms with Crippen molar-refractivity contribution in [2.45, 2.75) is 19.5 Å². The van der Waals surface area contributed by atoms with E-state index in [1.807, 2.05) is 6.55 Å². The zero-order valence-corrected chi connectivity index (χ0v) is 8.97. The number of carbonyl (C=O) groups excluding carboxylic acids is 2. The van der Waals surface area contributed by atoms with Crippen molar-refractivity contribution in [3.05, 3.63) is 12.2 Å². The fraction of sp³-hybridized carbons (Fsp3) is 0.500. The Morgan fingerprint density at radius 3 is 2.50 bits per heavy atom. The third kappa shape index (κ3) is 4.84. The maximum Gasteiger partial charge on any atom is 0.333 e. The van der Waals surface area contributed by atoms with Gasteiger partial charge in [0.05, 0.1) is 0 Å². The molecule has 0 bridgehead atoms. The van der Waals surface area contributed by atoms with Crippen LogP contribution in [0.5, 0.6) is 0 Å². The molecule has 0 fully saturated rings. The molecule has 0 amide bonds. The van der Waals surface area contributed by atoms with Gasteiger partial charge in [0.2, 0.25) is 0 Å². The Bertz CT molecular complexity index is 198. The summed E-state index contributed by atoms with van der Waals surface area (Å²) in [6, 6.07) is 0.601. The number of hydrogen-bond donors (Lipinski definition) is 0. The van der Waals surface area contributed by atoms with Gasteiger partial charge in [-0.1, -0.05) is 13.1 Å². The topological polar surface area (TPSA) is 43.4 Å². The number of ketones is 1. The fourth-order valence-electron chi connectivity index (χ4n) is 0.620. The van der Waals surface area contributed by atoms with Crippen LogP contribution in [-0.4, -0.2) is 27.9 Å². The zero-order chi connectivity index (χ0) is 9.56. The quantitative estimate of drug-likeness (QED) is 0.352. The molecule has 0 atom stereocenters. The second kappa shape index (κ2) is 5.71. The summed E-state index contributed by atoms with van der Waals surface area (Å²) in [6.07, 6.45) is 0. The van der Waals surface area contributed by atoms with Gasteiger partial charge < -0.3 is 4.74 Å². The molecule has 0 aromatic rings. The molecular weight excluding hydrogens is 172 g/mol. The highest BCUT2D eigenvalue weighted by molar-refractivity contribution is 6.39. The lowest BCUT2D eigenvalue weighted by Gasteiger charge is -2.01. The smallest absolute Gasteiger partial charge is 0.333 e. The predicted octanol–water partition coefficient (Wildman–Crippen LogP) is 0.310. The van der Waals surface area contributed by atoms with Crippen molar-refractivity contribution in [1.82, 2.24) is 0 Å². The van der Waals surface area contributed by atoms with E-state index in [1.165, 1.54) is 0 Å². The molecule has 0 rings (SSSR count).